The van der Waals surface area contributed by atoms with Crippen LogP contribution in [0.1, 0.15) is 40.5 Å². The SMILES string of the molecule is C[C@@H]1CC(O)CCN(C(=O)OC(C)(C)C)C1. The van der Waals surface area contributed by atoms with E-state index in [1.807, 2.05) is 27.7 Å². The fraction of sp³-hybridized carbons (Fsp3) is 0.917. The highest BCUT2D eigenvalue weighted by molar-refractivity contribution is 5.68. The summed E-state index contributed by atoms with van der Waals surface area (Å²) in [6.45, 7) is 8.89. The summed E-state index contributed by atoms with van der Waals surface area (Å²) >= 11 is 0. The van der Waals surface area contributed by atoms with Crippen LogP contribution < -0.4 is 0 Å². The normalized spacial score (nSPS) is 27.4. The molecule has 1 N–H and O–H groups in total. The Bertz CT molecular complexity index is 247. The van der Waals surface area contributed by atoms with Gasteiger partial charge in [0.25, 0.3) is 0 Å². The molecule has 16 heavy (non-hydrogen) atoms. The zero-order valence-electron chi connectivity index (χ0n) is 10.7. The molecule has 1 aliphatic rings. The smallest absolute Gasteiger partial charge is 0.410 e. The van der Waals surface area contributed by atoms with E-state index in [9.17, 15) is 9.90 Å². The summed E-state index contributed by atoms with van der Waals surface area (Å²) in [7, 11) is 0. The lowest BCUT2D eigenvalue weighted by Gasteiger charge is -2.27. The molecule has 1 saturated heterocycles. The molecule has 0 saturated carbocycles. The second-order valence-electron chi connectivity index (χ2n) is 5.71. The maximum absolute atomic E-state index is 11.8. The Balaban J connectivity index is 2.55. The van der Waals surface area contributed by atoms with E-state index in [4.69, 9.17) is 4.74 Å². The van der Waals surface area contributed by atoms with Crippen LogP contribution in [0, 0.1) is 5.92 Å². The molecular formula is C12H23NO3. The molecule has 1 heterocycles. The number of hydrogen-bond acceptors (Lipinski definition) is 3. The van der Waals surface area contributed by atoms with Gasteiger partial charge in [-0.25, -0.2) is 4.79 Å². The van der Waals surface area contributed by atoms with Gasteiger partial charge in [0.1, 0.15) is 5.60 Å². The van der Waals surface area contributed by atoms with Gasteiger partial charge in [0, 0.05) is 13.1 Å². The van der Waals surface area contributed by atoms with Crippen LogP contribution in [0.4, 0.5) is 4.79 Å². The molecule has 0 aromatic carbocycles. The summed E-state index contributed by atoms with van der Waals surface area (Å²) in [4.78, 5) is 13.5. The minimum absolute atomic E-state index is 0.270. The number of ether oxygens (including phenoxy) is 1. The van der Waals surface area contributed by atoms with Crippen molar-refractivity contribution in [2.24, 2.45) is 5.92 Å². The lowest BCUT2D eigenvalue weighted by Crippen LogP contribution is -2.38. The van der Waals surface area contributed by atoms with E-state index < -0.39 is 5.60 Å². The van der Waals surface area contributed by atoms with Crippen molar-refractivity contribution in [1.29, 1.82) is 0 Å². The van der Waals surface area contributed by atoms with Crippen LogP contribution in [0.2, 0.25) is 0 Å². The predicted molar refractivity (Wildman–Crippen MR) is 62.2 cm³/mol. The van der Waals surface area contributed by atoms with E-state index >= 15 is 0 Å². The van der Waals surface area contributed by atoms with Crippen molar-refractivity contribution in [3.8, 4) is 0 Å². The third kappa shape index (κ3) is 4.39. The molecule has 0 radical (unpaired) electrons. The van der Waals surface area contributed by atoms with Crippen molar-refractivity contribution in [2.75, 3.05) is 13.1 Å². The average molecular weight is 229 g/mol. The first-order valence-corrected chi connectivity index (χ1v) is 5.94. The van der Waals surface area contributed by atoms with Gasteiger partial charge in [-0.2, -0.15) is 0 Å². The fourth-order valence-electron chi connectivity index (χ4n) is 1.92. The number of carbonyl (C=O) groups is 1. The molecule has 1 fully saturated rings. The molecular weight excluding hydrogens is 206 g/mol. The first-order valence-electron chi connectivity index (χ1n) is 5.94. The van der Waals surface area contributed by atoms with Crippen molar-refractivity contribution in [3.05, 3.63) is 0 Å². The van der Waals surface area contributed by atoms with E-state index in [-0.39, 0.29) is 12.2 Å². The number of carbonyl (C=O) groups excluding carboxylic acids is 1. The van der Waals surface area contributed by atoms with E-state index in [2.05, 4.69) is 0 Å². The molecule has 4 nitrogen and oxygen atoms in total. The molecule has 0 aliphatic carbocycles. The number of rotatable bonds is 0. The highest BCUT2D eigenvalue weighted by atomic mass is 16.6. The van der Waals surface area contributed by atoms with Gasteiger partial charge in [-0.1, -0.05) is 6.92 Å². The molecule has 4 heteroatoms. The van der Waals surface area contributed by atoms with E-state index in [0.717, 1.165) is 6.42 Å². The minimum Gasteiger partial charge on any atom is -0.444 e. The second-order valence-corrected chi connectivity index (χ2v) is 5.71. The Hall–Kier alpha value is -0.770. The third-order valence-corrected chi connectivity index (χ3v) is 2.59. The summed E-state index contributed by atoms with van der Waals surface area (Å²) in [6, 6.07) is 0. The fourth-order valence-corrected chi connectivity index (χ4v) is 1.92. The lowest BCUT2D eigenvalue weighted by atomic mass is 10.0. The molecule has 0 bridgehead atoms. The van der Waals surface area contributed by atoms with Crippen LogP contribution in [0.3, 0.4) is 0 Å². The van der Waals surface area contributed by atoms with Gasteiger partial charge >= 0.3 is 6.09 Å². The summed E-state index contributed by atoms with van der Waals surface area (Å²) in [5, 5.41) is 9.61. The Labute approximate surface area is 97.6 Å². The summed E-state index contributed by atoms with van der Waals surface area (Å²) < 4.78 is 5.32. The van der Waals surface area contributed by atoms with Crippen molar-refractivity contribution < 1.29 is 14.6 Å². The highest BCUT2D eigenvalue weighted by Crippen LogP contribution is 2.18. The van der Waals surface area contributed by atoms with Crippen LogP contribution in [0.5, 0.6) is 0 Å². The van der Waals surface area contributed by atoms with Gasteiger partial charge in [-0.15, -0.1) is 0 Å². The zero-order chi connectivity index (χ0) is 12.3. The summed E-state index contributed by atoms with van der Waals surface area (Å²) in [6.07, 6.45) is 0.846. The Morgan fingerprint density at radius 2 is 2.06 bits per heavy atom. The van der Waals surface area contributed by atoms with Gasteiger partial charge in [0.15, 0.2) is 0 Å². The Kier molecular flexibility index (Phi) is 4.19. The predicted octanol–water partition coefficient (Wildman–Crippen LogP) is 2.01. The molecule has 1 unspecified atom stereocenters. The molecule has 0 aromatic heterocycles. The molecule has 1 aliphatic heterocycles. The van der Waals surface area contributed by atoms with E-state index in [0.29, 0.717) is 25.4 Å². The molecule has 94 valence electrons. The maximum Gasteiger partial charge on any atom is 0.410 e. The number of amides is 1. The Morgan fingerprint density at radius 1 is 1.44 bits per heavy atom. The van der Waals surface area contributed by atoms with Crippen molar-refractivity contribution in [3.63, 3.8) is 0 Å². The first kappa shape index (κ1) is 13.3. The Morgan fingerprint density at radius 3 is 2.62 bits per heavy atom. The largest absolute Gasteiger partial charge is 0.444 e. The number of aliphatic hydroxyl groups is 1. The first-order chi connectivity index (χ1) is 7.28. The van der Waals surface area contributed by atoms with Gasteiger partial charge in [-0.05, 0) is 39.5 Å². The number of likely N-dealkylation sites (tertiary alicyclic amines) is 1. The monoisotopic (exact) mass is 229 g/mol. The van der Waals surface area contributed by atoms with Crippen LogP contribution in [-0.4, -0.2) is 40.9 Å². The molecule has 2 atom stereocenters. The number of hydrogen-bond donors (Lipinski definition) is 1. The van der Waals surface area contributed by atoms with Crippen molar-refractivity contribution in [1.82, 2.24) is 4.90 Å². The quantitative estimate of drug-likeness (QED) is 0.691. The molecule has 0 spiro atoms. The van der Waals surface area contributed by atoms with Crippen molar-refractivity contribution in [2.45, 2.75) is 52.2 Å². The van der Waals surface area contributed by atoms with Crippen LogP contribution >= 0.6 is 0 Å². The van der Waals surface area contributed by atoms with Crippen LogP contribution in [-0.2, 0) is 4.74 Å². The van der Waals surface area contributed by atoms with Crippen molar-refractivity contribution >= 4 is 6.09 Å². The number of nitrogens with zero attached hydrogens (tertiary/aromatic N) is 1. The standard InChI is InChI=1S/C12H23NO3/c1-9-7-10(14)5-6-13(8-9)11(15)16-12(2,3)4/h9-10,14H,5-8H2,1-4H3/t9-,10?/m1/s1. The van der Waals surface area contributed by atoms with Gasteiger partial charge < -0.3 is 14.7 Å². The van der Waals surface area contributed by atoms with Crippen LogP contribution in [0.15, 0.2) is 0 Å². The third-order valence-electron chi connectivity index (χ3n) is 2.59. The summed E-state index contributed by atoms with van der Waals surface area (Å²) in [5.41, 5.74) is -0.453. The second kappa shape index (κ2) is 5.04. The van der Waals surface area contributed by atoms with E-state index in [1.54, 1.807) is 4.90 Å². The minimum atomic E-state index is -0.453. The van der Waals surface area contributed by atoms with E-state index in [1.165, 1.54) is 0 Å². The topological polar surface area (TPSA) is 49.8 Å². The maximum atomic E-state index is 11.8. The molecule has 1 rings (SSSR count). The summed E-state index contributed by atoms with van der Waals surface area (Å²) in [5.74, 6) is 0.324. The number of aliphatic hydroxyl groups excluding tert-OH is 1. The highest BCUT2D eigenvalue weighted by Gasteiger charge is 2.27. The van der Waals surface area contributed by atoms with Gasteiger partial charge in [0.2, 0.25) is 0 Å². The average Bonchev–Trinajstić information content (AvgIpc) is 2.23. The molecule has 1 amide bonds. The van der Waals surface area contributed by atoms with Crippen LogP contribution in [0.25, 0.3) is 0 Å². The lowest BCUT2D eigenvalue weighted by molar-refractivity contribution is 0.0235. The molecule has 0 aromatic rings. The van der Waals surface area contributed by atoms with Gasteiger partial charge in [0.05, 0.1) is 6.10 Å². The zero-order valence-corrected chi connectivity index (χ0v) is 10.7. The van der Waals surface area contributed by atoms with Gasteiger partial charge in [-0.3, -0.25) is 0 Å².